The molecule has 0 aromatic heterocycles. The first-order chi connectivity index (χ1) is 9.70. The molecular weight excluding hydrogens is 248 g/mol. The Bertz CT molecular complexity index is 385. The van der Waals surface area contributed by atoms with Gasteiger partial charge >= 0.3 is 0 Å². The zero-order valence-electron chi connectivity index (χ0n) is 13.1. The summed E-state index contributed by atoms with van der Waals surface area (Å²) in [5.74, 6) is 0.127. The molecule has 1 aromatic rings. The number of rotatable bonds is 10. The summed E-state index contributed by atoms with van der Waals surface area (Å²) >= 11 is 0. The van der Waals surface area contributed by atoms with Gasteiger partial charge in [-0.2, -0.15) is 0 Å². The van der Waals surface area contributed by atoms with Crippen molar-refractivity contribution < 1.29 is 10.2 Å². The van der Waals surface area contributed by atoms with Crippen LogP contribution in [0.3, 0.4) is 0 Å². The zero-order chi connectivity index (χ0) is 14.8. The van der Waals surface area contributed by atoms with Gasteiger partial charge in [0.25, 0.3) is 0 Å². The Balaban J connectivity index is 2.64. The van der Waals surface area contributed by atoms with Gasteiger partial charge in [-0.3, -0.25) is 0 Å². The van der Waals surface area contributed by atoms with E-state index < -0.39 is 0 Å². The molecule has 0 spiro atoms. The summed E-state index contributed by atoms with van der Waals surface area (Å²) in [4.78, 5) is 0. The van der Waals surface area contributed by atoms with Crippen molar-refractivity contribution in [3.8, 4) is 11.5 Å². The smallest absolute Gasteiger partial charge is 0.160 e. The van der Waals surface area contributed by atoms with Crippen molar-refractivity contribution >= 4 is 0 Å². The van der Waals surface area contributed by atoms with Crippen LogP contribution in [0.1, 0.15) is 76.3 Å². The molecule has 0 aliphatic heterocycles. The van der Waals surface area contributed by atoms with Gasteiger partial charge < -0.3 is 10.2 Å². The summed E-state index contributed by atoms with van der Waals surface area (Å²) in [6, 6.07) is 3.61. The molecule has 0 radical (unpaired) electrons. The summed E-state index contributed by atoms with van der Waals surface area (Å²) in [6.07, 6.45) is 11.6. The minimum absolute atomic E-state index is 0.0211. The van der Waals surface area contributed by atoms with Crippen LogP contribution in [0.2, 0.25) is 0 Å². The highest BCUT2D eigenvalue weighted by Gasteiger charge is 2.11. The highest BCUT2D eigenvalue weighted by Crippen LogP contribution is 2.33. The fraction of sp³-hybridized carbons (Fsp3) is 0.667. The van der Waals surface area contributed by atoms with Gasteiger partial charge in [0.15, 0.2) is 11.5 Å². The number of benzene rings is 1. The highest BCUT2D eigenvalue weighted by molar-refractivity contribution is 5.49. The Morgan fingerprint density at radius 2 is 1.35 bits per heavy atom. The van der Waals surface area contributed by atoms with Gasteiger partial charge in [0.05, 0.1) is 0 Å². The van der Waals surface area contributed by atoms with Gasteiger partial charge in [0.1, 0.15) is 0 Å². The van der Waals surface area contributed by atoms with Crippen molar-refractivity contribution in [2.45, 2.75) is 78.1 Å². The predicted octanol–water partition coefficient (Wildman–Crippen LogP) is 5.34. The van der Waals surface area contributed by atoms with Crippen molar-refractivity contribution in [1.82, 2.24) is 0 Å². The number of hydrogen-bond donors (Lipinski definition) is 2. The molecule has 0 bridgehead atoms. The van der Waals surface area contributed by atoms with Crippen molar-refractivity contribution in [1.29, 1.82) is 0 Å². The standard InChI is InChI=1S/C18H30O2/c1-3-5-7-9-11-15-13-14-17(19)18(20)16(15)12-10-8-6-4-2/h13-14,19-20H,3-12H2,1-2H3. The lowest BCUT2D eigenvalue weighted by Gasteiger charge is -2.13. The lowest BCUT2D eigenvalue weighted by molar-refractivity contribution is 0.397. The number of unbranched alkanes of at least 4 members (excludes halogenated alkanes) is 6. The molecule has 0 amide bonds. The molecule has 0 fully saturated rings. The Hall–Kier alpha value is -1.18. The van der Waals surface area contributed by atoms with Gasteiger partial charge in [-0.05, 0) is 37.3 Å². The van der Waals surface area contributed by atoms with E-state index in [-0.39, 0.29) is 11.5 Å². The maximum Gasteiger partial charge on any atom is 0.160 e. The average molecular weight is 278 g/mol. The van der Waals surface area contributed by atoms with Gasteiger partial charge in [0.2, 0.25) is 0 Å². The van der Waals surface area contributed by atoms with E-state index in [9.17, 15) is 10.2 Å². The second-order valence-corrected chi connectivity index (χ2v) is 5.69. The molecule has 2 N–H and O–H groups in total. The lowest BCUT2D eigenvalue weighted by Crippen LogP contribution is -1.97. The lowest BCUT2D eigenvalue weighted by atomic mass is 9.95. The summed E-state index contributed by atoms with van der Waals surface area (Å²) in [7, 11) is 0. The van der Waals surface area contributed by atoms with Gasteiger partial charge in [-0.1, -0.05) is 58.4 Å². The van der Waals surface area contributed by atoms with Crippen LogP contribution in [0.4, 0.5) is 0 Å². The Labute approximate surface area is 123 Å². The Morgan fingerprint density at radius 3 is 1.95 bits per heavy atom. The molecule has 1 rings (SSSR count). The van der Waals surface area contributed by atoms with Crippen molar-refractivity contribution in [2.75, 3.05) is 0 Å². The molecule has 20 heavy (non-hydrogen) atoms. The van der Waals surface area contributed by atoms with Crippen molar-refractivity contribution in [3.63, 3.8) is 0 Å². The molecule has 2 nitrogen and oxygen atoms in total. The summed E-state index contributed by atoms with van der Waals surface area (Å²) < 4.78 is 0. The van der Waals surface area contributed by atoms with Crippen molar-refractivity contribution in [2.24, 2.45) is 0 Å². The average Bonchev–Trinajstić information content (AvgIpc) is 2.45. The minimum Gasteiger partial charge on any atom is -0.504 e. The fourth-order valence-corrected chi connectivity index (χ4v) is 2.65. The van der Waals surface area contributed by atoms with Crippen LogP contribution in [0, 0.1) is 0 Å². The quantitative estimate of drug-likeness (QED) is 0.448. The molecule has 114 valence electrons. The van der Waals surface area contributed by atoms with E-state index in [1.54, 1.807) is 6.07 Å². The van der Waals surface area contributed by atoms with Gasteiger partial charge in [0, 0.05) is 5.56 Å². The third-order valence-electron chi connectivity index (χ3n) is 3.94. The van der Waals surface area contributed by atoms with Crippen LogP contribution in [-0.4, -0.2) is 10.2 Å². The zero-order valence-corrected chi connectivity index (χ0v) is 13.1. The van der Waals surface area contributed by atoms with E-state index in [1.165, 1.54) is 50.5 Å². The fourth-order valence-electron chi connectivity index (χ4n) is 2.65. The van der Waals surface area contributed by atoms with E-state index in [2.05, 4.69) is 13.8 Å². The summed E-state index contributed by atoms with van der Waals surface area (Å²) in [5.41, 5.74) is 2.19. The Kier molecular flexibility index (Phi) is 8.17. The number of phenolic OH excluding ortho intramolecular Hbond substituents is 2. The van der Waals surface area contributed by atoms with E-state index in [1.807, 2.05) is 6.07 Å². The number of phenols is 2. The number of aromatic hydroxyl groups is 2. The number of hydrogen-bond acceptors (Lipinski definition) is 2. The van der Waals surface area contributed by atoms with Crippen LogP contribution in [0.25, 0.3) is 0 Å². The molecule has 0 saturated carbocycles. The normalized spacial score (nSPS) is 10.9. The second kappa shape index (κ2) is 9.68. The molecule has 0 aliphatic carbocycles. The molecule has 0 aliphatic rings. The maximum absolute atomic E-state index is 10.1. The SMILES string of the molecule is CCCCCCc1ccc(O)c(O)c1CCCCCC. The molecule has 0 saturated heterocycles. The summed E-state index contributed by atoms with van der Waals surface area (Å²) in [5, 5.41) is 19.8. The number of aryl methyl sites for hydroxylation is 1. The van der Waals surface area contributed by atoms with Crippen LogP contribution in [0.5, 0.6) is 11.5 Å². The van der Waals surface area contributed by atoms with Crippen LogP contribution in [-0.2, 0) is 12.8 Å². The Morgan fingerprint density at radius 1 is 0.750 bits per heavy atom. The third-order valence-corrected chi connectivity index (χ3v) is 3.94. The van der Waals surface area contributed by atoms with Crippen LogP contribution < -0.4 is 0 Å². The van der Waals surface area contributed by atoms with Crippen molar-refractivity contribution in [3.05, 3.63) is 23.3 Å². The van der Waals surface area contributed by atoms with E-state index in [4.69, 9.17) is 0 Å². The van der Waals surface area contributed by atoms with Crippen LogP contribution in [0.15, 0.2) is 12.1 Å². The first-order valence-electron chi connectivity index (χ1n) is 8.23. The molecule has 0 heterocycles. The topological polar surface area (TPSA) is 40.5 Å². The highest BCUT2D eigenvalue weighted by atomic mass is 16.3. The molecule has 2 heteroatoms. The summed E-state index contributed by atoms with van der Waals surface area (Å²) in [6.45, 7) is 4.41. The maximum atomic E-state index is 10.1. The predicted molar refractivity (Wildman–Crippen MR) is 85.5 cm³/mol. The largest absolute Gasteiger partial charge is 0.504 e. The van der Waals surface area contributed by atoms with E-state index in [0.717, 1.165) is 24.8 Å². The minimum atomic E-state index is 0.0211. The van der Waals surface area contributed by atoms with E-state index >= 15 is 0 Å². The molecule has 1 aromatic carbocycles. The van der Waals surface area contributed by atoms with Gasteiger partial charge in [-0.25, -0.2) is 0 Å². The second-order valence-electron chi connectivity index (χ2n) is 5.69. The molecule has 0 unspecified atom stereocenters. The van der Waals surface area contributed by atoms with E-state index in [0.29, 0.717) is 0 Å². The third kappa shape index (κ3) is 5.44. The first-order valence-corrected chi connectivity index (χ1v) is 8.23. The monoisotopic (exact) mass is 278 g/mol. The first kappa shape index (κ1) is 16.9. The van der Waals surface area contributed by atoms with Gasteiger partial charge in [-0.15, -0.1) is 0 Å². The van der Waals surface area contributed by atoms with Crippen LogP contribution >= 0.6 is 0 Å². The molecular formula is C18H30O2. The molecule has 0 atom stereocenters.